The second kappa shape index (κ2) is 10.1. The fourth-order valence-corrected chi connectivity index (χ4v) is 6.76. The van der Waals surface area contributed by atoms with Gasteiger partial charge in [0.15, 0.2) is 5.60 Å². The van der Waals surface area contributed by atoms with Gasteiger partial charge in [0.25, 0.3) is 0 Å². The van der Waals surface area contributed by atoms with Crippen LogP contribution in [0.4, 0.5) is 11.4 Å². The van der Waals surface area contributed by atoms with E-state index in [-0.39, 0.29) is 5.97 Å². The molecule has 0 amide bonds. The number of carbonyl (C=O) groups is 1. The van der Waals surface area contributed by atoms with Crippen LogP contribution in [0.2, 0.25) is 0 Å². The van der Waals surface area contributed by atoms with Gasteiger partial charge in [0, 0.05) is 40.7 Å². The first-order valence-corrected chi connectivity index (χ1v) is 14.5. The summed E-state index contributed by atoms with van der Waals surface area (Å²) in [4.78, 5) is 15.9. The Hall–Kier alpha value is -4.09. The molecule has 5 nitrogen and oxygen atoms in total. The van der Waals surface area contributed by atoms with E-state index in [0.717, 1.165) is 46.9 Å². The third kappa shape index (κ3) is 4.16. The number of hydrogen-bond donors (Lipinski definition) is 1. The lowest BCUT2D eigenvalue weighted by molar-refractivity contribution is 0.0224. The second-order valence-corrected chi connectivity index (χ2v) is 11.1. The molecule has 2 heterocycles. The summed E-state index contributed by atoms with van der Waals surface area (Å²) in [6, 6.07) is 30.9. The monoisotopic (exact) mass is 530 g/mol. The predicted molar refractivity (Wildman–Crippen MR) is 157 cm³/mol. The number of nitrogens with zero attached hydrogens (tertiary/aromatic N) is 1. The molecule has 5 heteroatoms. The minimum atomic E-state index is -1.07. The standard InChI is InChI=1S/C35H34N2O3/c1-2-37(27-13-7-4-8-14-27)23-24-17-19-30-33(21-24)39-32-20-18-26(36-25-11-5-3-6-12-25)22-31(32)35(30)29-16-10-9-15-28(29)34(38)40-35/h3,5-6,9-12,15-22,27,36H,2,4,7-8,13-14,23H2,1H3. The van der Waals surface area contributed by atoms with Crippen molar-refractivity contribution in [3.63, 3.8) is 0 Å². The van der Waals surface area contributed by atoms with Crippen LogP contribution in [0.15, 0.2) is 91.0 Å². The number of esters is 1. The van der Waals surface area contributed by atoms with E-state index >= 15 is 0 Å². The molecule has 4 aromatic carbocycles. The SMILES string of the molecule is CCN(Cc1ccc2c(c1)Oc1ccc(Nc3ccccc3)cc1C21OC(=O)c2ccccc21)C1CCCCC1. The molecule has 0 aromatic heterocycles. The second-order valence-electron chi connectivity index (χ2n) is 11.1. The molecule has 2 aliphatic heterocycles. The zero-order valence-electron chi connectivity index (χ0n) is 22.9. The maximum Gasteiger partial charge on any atom is 0.340 e. The molecule has 0 bridgehead atoms. The number of para-hydroxylation sites is 1. The zero-order valence-corrected chi connectivity index (χ0v) is 22.9. The number of benzene rings is 4. The van der Waals surface area contributed by atoms with E-state index in [9.17, 15) is 4.79 Å². The van der Waals surface area contributed by atoms with Crippen molar-refractivity contribution >= 4 is 17.3 Å². The number of nitrogens with one attached hydrogen (secondary N) is 1. The summed E-state index contributed by atoms with van der Waals surface area (Å²) in [5, 5.41) is 3.49. The van der Waals surface area contributed by atoms with Gasteiger partial charge >= 0.3 is 5.97 Å². The van der Waals surface area contributed by atoms with Gasteiger partial charge in [-0.1, -0.05) is 74.7 Å². The Morgan fingerprint density at radius 2 is 1.60 bits per heavy atom. The van der Waals surface area contributed by atoms with Crippen molar-refractivity contribution in [2.24, 2.45) is 0 Å². The van der Waals surface area contributed by atoms with Crippen molar-refractivity contribution in [1.29, 1.82) is 0 Å². The lowest BCUT2D eigenvalue weighted by Gasteiger charge is -2.37. The highest BCUT2D eigenvalue weighted by Crippen LogP contribution is 2.56. The highest BCUT2D eigenvalue weighted by molar-refractivity contribution is 5.97. The maximum absolute atomic E-state index is 13.3. The van der Waals surface area contributed by atoms with Crippen molar-refractivity contribution in [3.8, 4) is 11.5 Å². The van der Waals surface area contributed by atoms with Crippen LogP contribution in [0, 0.1) is 0 Å². The van der Waals surface area contributed by atoms with Gasteiger partial charge in [0.05, 0.1) is 5.56 Å². The highest BCUT2D eigenvalue weighted by atomic mass is 16.6. The molecule has 0 saturated heterocycles. The van der Waals surface area contributed by atoms with Crippen LogP contribution in [0.3, 0.4) is 0 Å². The normalized spacial score (nSPS) is 19.5. The summed E-state index contributed by atoms with van der Waals surface area (Å²) in [6.45, 7) is 4.16. The number of carbonyl (C=O) groups excluding carboxylic acids is 1. The van der Waals surface area contributed by atoms with E-state index < -0.39 is 5.60 Å². The molecular formula is C35H34N2O3. The number of hydrogen-bond acceptors (Lipinski definition) is 5. The Kier molecular flexibility index (Phi) is 6.32. The smallest absolute Gasteiger partial charge is 0.340 e. The molecule has 3 aliphatic rings. The summed E-state index contributed by atoms with van der Waals surface area (Å²) < 4.78 is 13.0. The van der Waals surface area contributed by atoms with Crippen LogP contribution in [-0.2, 0) is 16.9 Å². The molecule has 1 spiro atoms. The Morgan fingerprint density at radius 3 is 2.42 bits per heavy atom. The van der Waals surface area contributed by atoms with Gasteiger partial charge in [-0.15, -0.1) is 0 Å². The Labute approximate surface area is 235 Å². The summed E-state index contributed by atoms with van der Waals surface area (Å²) in [5.74, 6) is 1.14. The molecule has 7 rings (SSSR count). The first-order chi connectivity index (χ1) is 19.7. The van der Waals surface area contributed by atoms with Gasteiger partial charge in [-0.25, -0.2) is 4.79 Å². The van der Waals surface area contributed by atoms with E-state index in [1.807, 2.05) is 66.7 Å². The van der Waals surface area contributed by atoms with Crippen molar-refractivity contribution in [1.82, 2.24) is 4.90 Å². The maximum atomic E-state index is 13.3. The van der Waals surface area contributed by atoms with Crippen molar-refractivity contribution in [2.75, 3.05) is 11.9 Å². The third-order valence-electron chi connectivity index (χ3n) is 8.72. The molecule has 1 fully saturated rings. The van der Waals surface area contributed by atoms with E-state index in [1.54, 1.807) is 0 Å². The van der Waals surface area contributed by atoms with Crippen molar-refractivity contribution in [2.45, 2.75) is 57.2 Å². The number of fused-ring (bicyclic) bond motifs is 6. The number of rotatable bonds is 6. The average molecular weight is 531 g/mol. The van der Waals surface area contributed by atoms with E-state index in [4.69, 9.17) is 9.47 Å². The third-order valence-corrected chi connectivity index (χ3v) is 8.72. The van der Waals surface area contributed by atoms with Crippen LogP contribution in [-0.4, -0.2) is 23.5 Å². The molecule has 1 saturated carbocycles. The van der Waals surface area contributed by atoms with Crippen LogP contribution < -0.4 is 10.1 Å². The predicted octanol–water partition coefficient (Wildman–Crippen LogP) is 8.15. The molecule has 1 aliphatic carbocycles. The van der Waals surface area contributed by atoms with Gasteiger partial charge in [-0.05, 0) is 67.4 Å². The fraction of sp³-hybridized carbons (Fsp3) is 0.286. The number of anilines is 2. The Balaban J connectivity index is 1.31. The van der Waals surface area contributed by atoms with Crippen LogP contribution in [0.1, 0.15) is 71.6 Å². The lowest BCUT2D eigenvalue weighted by atomic mass is 9.77. The molecule has 1 unspecified atom stereocenters. The molecule has 4 aromatic rings. The molecule has 0 radical (unpaired) electrons. The molecule has 202 valence electrons. The minimum Gasteiger partial charge on any atom is -0.456 e. The zero-order chi connectivity index (χ0) is 27.1. The summed E-state index contributed by atoms with van der Waals surface area (Å²) >= 11 is 0. The van der Waals surface area contributed by atoms with Gasteiger partial charge in [-0.2, -0.15) is 0 Å². The van der Waals surface area contributed by atoms with E-state index in [2.05, 4.69) is 41.4 Å². The van der Waals surface area contributed by atoms with E-state index in [0.29, 0.717) is 17.4 Å². The molecule has 40 heavy (non-hydrogen) atoms. The molecular weight excluding hydrogens is 496 g/mol. The van der Waals surface area contributed by atoms with Gasteiger partial charge < -0.3 is 14.8 Å². The van der Waals surface area contributed by atoms with E-state index in [1.165, 1.54) is 37.7 Å². The minimum absolute atomic E-state index is 0.311. The Bertz CT molecular complexity index is 1560. The molecule has 1 N–H and O–H groups in total. The number of ether oxygens (including phenoxy) is 2. The topological polar surface area (TPSA) is 50.8 Å². The lowest BCUT2D eigenvalue weighted by Crippen LogP contribution is -2.36. The van der Waals surface area contributed by atoms with Gasteiger partial charge in [-0.3, -0.25) is 4.90 Å². The highest BCUT2D eigenvalue weighted by Gasteiger charge is 2.53. The van der Waals surface area contributed by atoms with Crippen LogP contribution in [0.5, 0.6) is 11.5 Å². The first kappa shape index (κ1) is 24.9. The van der Waals surface area contributed by atoms with Crippen LogP contribution >= 0.6 is 0 Å². The molecule has 1 atom stereocenters. The summed E-state index contributed by atoms with van der Waals surface area (Å²) in [5.41, 5.74) is 5.17. The summed E-state index contributed by atoms with van der Waals surface area (Å²) in [6.07, 6.45) is 6.54. The fourth-order valence-electron chi connectivity index (χ4n) is 6.76. The first-order valence-electron chi connectivity index (χ1n) is 14.5. The van der Waals surface area contributed by atoms with Crippen LogP contribution in [0.25, 0.3) is 0 Å². The van der Waals surface area contributed by atoms with Crippen molar-refractivity contribution < 1.29 is 14.3 Å². The van der Waals surface area contributed by atoms with Crippen molar-refractivity contribution in [3.05, 3.63) is 119 Å². The Morgan fingerprint density at radius 1 is 0.800 bits per heavy atom. The quantitative estimate of drug-likeness (QED) is 0.255. The summed E-state index contributed by atoms with van der Waals surface area (Å²) in [7, 11) is 0. The van der Waals surface area contributed by atoms with Gasteiger partial charge in [0.2, 0.25) is 0 Å². The van der Waals surface area contributed by atoms with Gasteiger partial charge in [0.1, 0.15) is 11.5 Å². The average Bonchev–Trinajstić information content (AvgIpc) is 3.30. The largest absolute Gasteiger partial charge is 0.456 e.